The van der Waals surface area contributed by atoms with Crippen LogP contribution < -0.4 is 10.1 Å². The highest BCUT2D eigenvalue weighted by Crippen LogP contribution is 2.30. The Balaban J connectivity index is 2.30. The SMILES string of the molecule is CCOC(=O)CCCCCNc1cc(C)c(Cl)cc1OC. The molecule has 0 amide bonds. The molecule has 21 heavy (non-hydrogen) atoms. The molecule has 0 atom stereocenters. The van der Waals surface area contributed by atoms with Gasteiger partial charge in [0.2, 0.25) is 0 Å². The number of benzene rings is 1. The molecule has 0 spiro atoms. The minimum absolute atomic E-state index is 0.111. The Labute approximate surface area is 131 Å². The van der Waals surface area contributed by atoms with Crippen LogP contribution in [0.3, 0.4) is 0 Å². The lowest BCUT2D eigenvalue weighted by Gasteiger charge is -2.13. The maximum absolute atomic E-state index is 11.2. The first kappa shape index (κ1) is 17.6. The van der Waals surface area contributed by atoms with Crippen LogP contribution in [0.5, 0.6) is 5.75 Å². The number of aryl methyl sites for hydroxylation is 1. The fraction of sp³-hybridized carbons (Fsp3) is 0.562. The number of nitrogens with one attached hydrogen (secondary N) is 1. The van der Waals surface area contributed by atoms with E-state index in [-0.39, 0.29) is 5.97 Å². The summed E-state index contributed by atoms with van der Waals surface area (Å²) in [6.07, 6.45) is 3.33. The number of ether oxygens (including phenoxy) is 2. The fourth-order valence-electron chi connectivity index (χ4n) is 2.00. The van der Waals surface area contributed by atoms with E-state index in [1.54, 1.807) is 7.11 Å². The first-order valence-electron chi connectivity index (χ1n) is 7.32. The monoisotopic (exact) mass is 313 g/mol. The summed E-state index contributed by atoms with van der Waals surface area (Å²) < 4.78 is 10.2. The van der Waals surface area contributed by atoms with Crippen LogP contribution in [0.1, 0.15) is 38.2 Å². The standard InChI is InChI=1S/C16H24ClNO3/c1-4-21-16(19)8-6-5-7-9-18-14-10-12(2)13(17)11-15(14)20-3/h10-11,18H,4-9H2,1-3H3. The fourth-order valence-corrected chi connectivity index (χ4v) is 2.15. The number of carbonyl (C=O) groups excluding carboxylic acids is 1. The van der Waals surface area contributed by atoms with Crippen LogP contribution in [-0.4, -0.2) is 26.2 Å². The minimum Gasteiger partial charge on any atom is -0.495 e. The summed E-state index contributed by atoms with van der Waals surface area (Å²) in [4.78, 5) is 11.2. The zero-order valence-corrected chi connectivity index (χ0v) is 13.8. The van der Waals surface area contributed by atoms with E-state index in [1.165, 1.54) is 0 Å². The Bertz CT molecular complexity index is 463. The third kappa shape index (κ3) is 6.25. The number of halogens is 1. The third-order valence-electron chi connectivity index (χ3n) is 3.16. The molecule has 1 N–H and O–H groups in total. The normalized spacial score (nSPS) is 10.3. The first-order chi connectivity index (χ1) is 10.1. The Morgan fingerprint density at radius 2 is 2.05 bits per heavy atom. The van der Waals surface area contributed by atoms with E-state index in [9.17, 15) is 4.79 Å². The van der Waals surface area contributed by atoms with Gasteiger partial charge in [0.1, 0.15) is 5.75 Å². The lowest BCUT2D eigenvalue weighted by molar-refractivity contribution is -0.143. The summed E-state index contributed by atoms with van der Waals surface area (Å²) in [7, 11) is 1.63. The highest BCUT2D eigenvalue weighted by molar-refractivity contribution is 6.31. The first-order valence-corrected chi connectivity index (χ1v) is 7.70. The summed E-state index contributed by atoms with van der Waals surface area (Å²) in [6, 6.07) is 3.81. The molecule has 0 aliphatic heterocycles. The van der Waals surface area contributed by atoms with E-state index in [0.29, 0.717) is 18.1 Å². The molecular weight excluding hydrogens is 290 g/mol. The van der Waals surface area contributed by atoms with Gasteiger partial charge in [-0.05, 0) is 38.3 Å². The summed E-state index contributed by atoms with van der Waals surface area (Å²) in [6.45, 7) is 5.08. The van der Waals surface area contributed by atoms with E-state index in [4.69, 9.17) is 21.1 Å². The Morgan fingerprint density at radius 1 is 1.29 bits per heavy atom. The number of carbonyl (C=O) groups is 1. The van der Waals surface area contributed by atoms with Gasteiger partial charge in [-0.1, -0.05) is 18.0 Å². The average Bonchev–Trinajstić information content (AvgIpc) is 2.46. The van der Waals surface area contributed by atoms with Crippen LogP contribution in [0.25, 0.3) is 0 Å². The van der Waals surface area contributed by atoms with Gasteiger partial charge in [-0.3, -0.25) is 4.79 Å². The van der Waals surface area contributed by atoms with Crippen LogP contribution in [0.2, 0.25) is 5.02 Å². The minimum atomic E-state index is -0.111. The molecule has 0 unspecified atom stereocenters. The Kier molecular flexibility index (Phi) is 7.98. The summed E-state index contributed by atoms with van der Waals surface area (Å²) in [5.74, 6) is 0.637. The smallest absolute Gasteiger partial charge is 0.305 e. The quantitative estimate of drug-likeness (QED) is 0.548. The summed E-state index contributed by atoms with van der Waals surface area (Å²) in [5, 5.41) is 4.05. The van der Waals surface area contributed by atoms with Crippen molar-refractivity contribution >= 4 is 23.3 Å². The molecule has 0 radical (unpaired) electrons. The molecule has 0 bridgehead atoms. The molecule has 1 aromatic rings. The second kappa shape index (κ2) is 9.50. The number of anilines is 1. The Morgan fingerprint density at radius 3 is 2.71 bits per heavy atom. The third-order valence-corrected chi connectivity index (χ3v) is 3.57. The topological polar surface area (TPSA) is 47.6 Å². The number of hydrogen-bond acceptors (Lipinski definition) is 4. The second-order valence-electron chi connectivity index (χ2n) is 4.84. The number of hydrogen-bond donors (Lipinski definition) is 1. The predicted octanol–water partition coefficient (Wildman–Crippen LogP) is 4.19. The molecule has 1 rings (SSSR count). The molecule has 0 saturated carbocycles. The molecule has 0 saturated heterocycles. The molecular formula is C16H24ClNO3. The van der Waals surface area contributed by atoms with Crippen LogP contribution in [0.15, 0.2) is 12.1 Å². The van der Waals surface area contributed by atoms with Crippen LogP contribution in [0, 0.1) is 6.92 Å². The van der Waals surface area contributed by atoms with Gasteiger partial charge in [0.25, 0.3) is 0 Å². The van der Waals surface area contributed by atoms with Crippen LogP contribution in [0.4, 0.5) is 5.69 Å². The lowest BCUT2D eigenvalue weighted by Crippen LogP contribution is -2.05. The van der Waals surface area contributed by atoms with Crippen molar-refractivity contribution in [1.29, 1.82) is 0 Å². The molecule has 0 aliphatic rings. The zero-order valence-electron chi connectivity index (χ0n) is 13.0. The number of methoxy groups -OCH3 is 1. The van der Waals surface area contributed by atoms with Gasteiger partial charge in [-0.2, -0.15) is 0 Å². The molecule has 1 aromatic carbocycles. The van der Waals surface area contributed by atoms with Crippen molar-refractivity contribution in [3.8, 4) is 5.75 Å². The van der Waals surface area contributed by atoms with E-state index in [1.807, 2.05) is 26.0 Å². The molecule has 0 heterocycles. The molecule has 0 aliphatic carbocycles. The van der Waals surface area contributed by atoms with E-state index in [0.717, 1.165) is 42.8 Å². The van der Waals surface area contributed by atoms with Gasteiger partial charge >= 0.3 is 5.97 Å². The molecule has 4 nitrogen and oxygen atoms in total. The van der Waals surface area contributed by atoms with Crippen molar-refractivity contribution in [2.24, 2.45) is 0 Å². The van der Waals surface area contributed by atoms with E-state index < -0.39 is 0 Å². The van der Waals surface area contributed by atoms with E-state index in [2.05, 4.69) is 5.32 Å². The van der Waals surface area contributed by atoms with Gasteiger partial charge < -0.3 is 14.8 Å². The number of rotatable bonds is 9. The maximum Gasteiger partial charge on any atom is 0.305 e. The largest absolute Gasteiger partial charge is 0.495 e. The van der Waals surface area contributed by atoms with Crippen molar-refractivity contribution in [3.05, 3.63) is 22.7 Å². The highest BCUT2D eigenvalue weighted by atomic mass is 35.5. The van der Waals surface area contributed by atoms with Gasteiger partial charge in [0, 0.05) is 24.1 Å². The highest BCUT2D eigenvalue weighted by Gasteiger charge is 2.06. The van der Waals surface area contributed by atoms with Gasteiger partial charge in [0.15, 0.2) is 0 Å². The van der Waals surface area contributed by atoms with E-state index >= 15 is 0 Å². The molecule has 118 valence electrons. The second-order valence-corrected chi connectivity index (χ2v) is 5.25. The summed E-state index contributed by atoms with van der Waals surface area (Å²) in [5.41, 5.74) is 1.96. The molecule has 5 heteroatoms. The molecule has 0 fully saturated rings. The zero-order chi connectivity index (χ0) is 15.7. The van der Waals surface area contributed by atoms with Gasteiger partial charge in [-0.25, -0.2) is 0 Å². The lowest BCUT2D eigenvalue weighted by atomic mass is 10.1. The van der Waals surface area contributed by atoms with Crippen LogP contribution in [-0.2, 0) is 9.53 Å². The summed E-state index contributed by atoms with van der Waals surface area (Å²) >= 11 is 6.07. The number of esters is 1. The number of unbranched alkanes of at least 4 members (excludes halogenated alkanes) is 2. The Hall–Kier alpha value is -1.42. The van der Waals surface area contributed by atoms with Crippen LogP contribution >= 0.6 is 11.6 Å². The predicted molar refractivity (Wildman–Crippen MR) is 86.3 cm³/mol. The average molecular weight is 314 g/mol. The van der Waals surface area contributed by atoms with Gasteiger partial charge in [-0.15, -0.1) is 0 Å². The van der Waals surface area contributed by atoms with Crippen molar-refractivity contribution in [1.82, 2.24) is 0 Å². The van der Waals surface area contributed by atoms with Crippen molar-refractivity contribution < 1.29 is 14.3 Å². The van der Waals surface area contributed by atoms with Crippen molar-refractivity contribution in [2.75, 3.05) is 25.6 Å². The van der Waals surface area contributed by atoms with Crippen molar-refractivity contribution in [2.45, 2.75) is 39.5 Å². The molecule has 0 aromatic heterocycles. The maximum atomic E-state index is 11.2. The van der Waals surface area contributed by atoms with Gasteiger partial charge in [0.05, 0.1) is 19.4 Å². The van der Waals surface area contributed by atoms with Crippen molar-refractivity contribution in [3.63, 3.8) is 0 Å².